The Bertz CT molecular complexity index is 444. The molecule has 0 aliphatic carbocycles. The van der Waals surface area contributed by atoms with Crippen LogP contribution in [-0.4, -0.2) is 30.2 Å². The van der Waals surface area contributed by atoms with Crippen molar-refractivity contribution in [3.63, 3.8) is 0 Å². The zero-order valence-corrected chi connectivity index (χ0v) is 10.0. The molecule has 6 heteroatoms. The number of nitrogens with two attached hydrogens (primary N) is 1. The van der Waals surface area contributed by atoms with E-state index in [1.807, 2.05) is 0 Å². The highest BCUT2D eigenvalue weighted by atomic mass is 16.5. The quantitative estimate of drug-likeness (QED) is 0.740. The number of hydrogen-bond acceptors (Lipinski definition) is 4. The van der Waals surface area contributed by atoms with Crippen LogP contribution in [0.15, 0.2) is 18.2 Å². The Hall–Kier alpha value is -2.24. The lowest BCUT2D eigenvalue weighted by Crippen LogP contribution is -2.20. The van der Waals surface area contributed by atoms with Crippen LogP contribution in [0, 0.1) is 0 Å². The summed E-state index contributed by atoms with van der Waals surface area (Å²) in [6.45, 7) is 1.95. The van der Waals surface area contributed by atoms with Crippen LogP contribution in [0.3, 0.4) is 0 Å². The smallest absolute Gasteiger partial charge is 0.307 e. The van der Waals surface area contributed by atoms with E-state index >= 15 is 0 Å². The van der Waals surface area contributed by atoms with Crippen molar-refractivity contribution in [2.24, 2.45) is 5.73 Å². The van der Waals surface area contributed by atoms with Gasteiger partial charge in [-0.1, -0.05) is 6.07 Å². The van der Waals surface area contributed by atoms with E-state index in [0.29, 0.717) is 23.7 Å². The van der Waals surface area contributed by atoms with E-state index in [2.05, 4.69) is 0 Å². The fourth-order valence-electron chi connectivity index (χ4n) is 1.37. The molecule has 0 saturated carbocycles. The Kier molecular flexibility index (Phi) is 4.98. The van der Waals surface area contributed by atoms with Gasteiger partial charge in [0.2, 0.25) is 0 Å². The molecular formula is C12H15NO5. The number of ether oxygens (including phenoxy) is 2. The molecule has 0 saturated heterocycles. The van der Waals surface area contributed by atoms with E-state index in [1.165, 1.54) is 0 Å². The lowest BCUT2D eigenvalue weighted by Gasteiger charge is -2.11. The standard InChI is InChI=1S/C12H15NO5/c1-2-17-10-5-8(6-12(15)16)3-4-9(10)18-7-11(13)14/h3-5H,2,6-7H2,1H3,(H2,13,14)(H,15,16). The molecule has 0 aromatic heterocycles. The van der Waals surface area contributed by atoms with Crippen LogP contribution < -0.4 is 15.2 Å². The third kappa shape index (κ3) is 4.32. The van der Waals surface area contributed by atoms with Crippen molar-refractivity contribution < 1.29 is 24.2 Å². The Labute approximate surface area is 104 Å². The number of carbonyl (C=O) groups is 2. The fourth-order valence-corrected chi connectivity index (χ4v) is 1.37. The van der Waals surface area contributed by atoms with Gasteiger partial charge in [0.05, 0.1) is 13.0 Å². The van der Waals surface area contributed by atoms with Crippen molar-refractivity contribution in [2.75, 3.05) is 13.2 Å². The first-order chi connectivity index (χ1) is 8.52. The zero-order valence-electron chi connectivity index (χ0n) is 10.0. The molecule has 3 N–H and O–H groups in total. The number of benzene rings is 1. The highest BCUT2D eigenvalue weighted by molar-refractivity contribution is 5.75. The van der Waals surface area contributed by atoms with Crippen molar-refractivity contribution in [1.82, 2.24) is 0 Å². The lowest BCUT2D eigenvalue weighted by molar-refractivity contribution is -0.136. The number of carboxylic acids is 1. The predicted molar refractivity (Wildman–Crippen MR) is 63.6 cm³/mol. The van der Waals surface area contributed by atoms with Gasteiger partial charge in [-0.05, 0) is 24.6 Å². The number of aliphatic carboxylic acids is 1. The van der Waals surface area contributed by atoms with Crippen LogP contribution in [0.25, 0.3) is 0 Å². The summed E-state index contributed by atoms with van der Waals surface area (Å²) in [5.74, 6) is -0.752. The second kappa shape index (κ2) is 6.48. The van der Waals surface area contributed by atoms with E-state index < -0.39 is 11.9 Å². The maximum Gasteiger partial charge on any atom is 0.307 e. The highest BCUT2D eigenvalue weighted by Gasteiger charge is 2.09. The van der Waals surface area contributed by atoms with Crippen molar-refractivity contribution in [3.05, 3.63) is 23.8 Å². The summed E-state index contributed by atoms with van der Waals surface area (Å²) in [6.07, 6.45) is -0.101. The van der Waals surface area contributed by atoms with Gasteiger partial charge in [0.1, 0.15) is 0 Å². The number of primary amides is 1. The number of amides is 1. The van der Waals surface area contributed by atoms with Gasteiger partial charge in [0, 0.05) is 0 Å². The van der Waals surface area contributed by atoms with E-state index in [-0.39, 0.29) is 13.0 Å². The van der Waals surface area contributed by atoms with Crippen LogP contribution >= 0.6 is 0 Å². The molecule has 0 spiro atoms. The molecule has 1 aromatic rings. The SMILES string of the molecule is CCOc1cc(CC(=O)O)ccc1OCC(N)=O. The Balaban J connectivity index is 2.88. The maximum absolute atomic E-state index is 10.6. The van der Waals surface area contributed by atoms with Crippen LogP contribution in [0.2, 0.25) is 0 Å². The molecule has 1 rings (SSSR count). The molecule has 0 atom stereocenters. The summed E-state index contributed by atoms with van der Waals surface area (Å²) in [5, 5.41) is 8.70. The molecule has 98 valence electrons. The van der Waals surface area contributed by atoms with Crippen molar-refractivity contribution in [2.45, 2.75) is 13.3 Å². The lowest BCUT2D eigenvalue weighted by atomic mass is 10.1. The average Bonchev–Trinajstić information content (AvgIpc) is 2.27. The first-order valence-corrected chi connectivity index (χ1v) is 5.41. The first-order valence-electron chi connectivity index (χ1n) is 5.41. The van der Waals surface area contributed by atoms with Gasteiger partial charge in [-0.15, -0.1) is 0 Å². The minimum atomic E-state index is -0.928. The first kappa shape index (κ1) is 13.8. The van der Waals surface area contributed by atoms with Gasteiger partial charge in [0.15, 0.2) is 18.1 Å². The van der Waals surface area contributed by atoms with E-state index in [0.717, 1.165) is 0 Å². The molecule has 0 bridgehead atoms. The molecule has 0 unspecified atom stereocenters. The predicted octanol–water partition coefficient (Wildman–Crippen LogP) is 0.576. The molecule has 0 heterocycles. The minimum Gasteiger partial charge on any atom is -0.490 e. The van der Waals surface area contributed by atoms with E-state index in [1.54, 1.807) is 25.1 Å². The minimum absolute atomic E-state index is 0.101. The topological polar surface area (TPSA) is 98.8 Å². The van der Waals surface area contributed by atoms with Gasteiger partial charge >= 0.3 is 5.97 Å². The normalized spacial score (nSPS) is 9.83. The maximum atomic E-state index is 10.6. The summed E-state index contributed by atoms with van der Waals surface area (Å²) >= 11 is 0. The summed E-state index contributed by atoms with van der Waals surface area (Å²) in [4.78, 5) is 21.2. The Morgan fingerprint density at radius 3 is 2.56 bits per heavy atom. The number of hydrogen-bond donors (Lipinski definition) is 2. The molecule has 1 aromatic carbocycles. The number of rotatable bonds is 7. The number of carboxylic acid groups (broad SMARTS) is 1. The van der Waals surface area contributed by atoms with Crippen molar-refractivity contribution in [1.29, 1.82) is 0 Å². The van der Waals surface area contributed by atoms with Gasteiger partial charge in [-0.3, -0.25) is 9.59 Å². The molecule has 0 radical (unpaired) electrons. The molecular weight excluding hydrogens is 238 g/mol. The molecule has 18 heavy (non-hydrogen) atoms. The average molecular weight is 253 g/mol. The van der Waals surface area contributed by atoms with Gasteiger partial charge in [0.25, 0.3) is 5.91 Å². The third-order valence-electron chi connectivity index (χ3n) is 2.03. The van der Waals surface area contributed by atoms with E-state index in [4.69, 9.17) is 20.3 Å². The van der Waals surface area contributed by atoms with Gasteiger partial charge < -0.3 is 20.3 Å². The van der Waals surface area contributed by atoms with Crippen molar-refractivity contribution >= 4 is 11.9 Å². The zero-order chi connectivity index (χ0) is 13.5. The number of carbonyl (C=O) groups excluding carboxylic acids is 1. The van der Waals surface area contributed by atoms with Gasteiger partial charge in [-0.25, -0.2) is 0 Å². The monoisotopic (exact) mass is 253 g/mol. The summed E-state index contributed by atoms with van der Waals surface area (Å²) < 4.78 is 10.5. The second-order valence-electron chi connectivity index (χ2n) is 3.54. The van der Waals surface area contributed by atoms with Crippen LogP contribution in [0.4, 0.5) is 0 Å². The Morgan fingerprint density at radius 1 is 1.28 bits per heavy atom. The van der Waals surface area contributed by atoms with Crippen molar-refractivity contribution in [3.8, 4) is 11.5 Å². The summed E-state index contributed by atoms with van der Waals surface area (Å²) in [7, 11) is 0. The summed E-state index contributed by atoms with van der Waals surface area (Å²) in [5.41, 5.74) is 5.57. The van der Waals surface area contributed by atoms with E-state index in [9.17, 15) is 9.59 Å². The molecule has 0 fully saturated rings. The molecule has 0 aliphatic rings. The Morgan fingerprint density at radius 2 is 2.00 bits per heavy atom. The highest BCUT2D eigenvalue weighted by Crippen LogP contribution is 2.28. The molecule has 0 aliphatic heterocycles. The van der Waals surface area contributed by atoms with Crippen LogP contribution in [0.1, 0.15) is 12.5 Å². The second-order valence-corrected chi connectivity index (χ2v) is 3.54. The molecule has 1 amide bonds. The molecule has 6 nitrogen and oxygen atoms in total. The third-order valence-corrected chi connectivity index (χ3v) is 2.03. The van der Waals surface area contributed by atoms with Crippen LogP contribution in [-0.2, 0) is 16.0 Å². The van der Waals surface area contributed by atoms with Crippen LogP contribution in [0.5, 0.6) is 11.5 Å². The summed E-state index contributed by atoms with van der Waals surface area (Å²) in [6, 6.07) is 4.74. The van der Waals surface area contributed by atoms with Gasteiger partial charge in [-0.2, -0.15) is 0 Å². The largest absolute Gasteiger partial charge is 0.490 e. The fraction of sp³-hybridized carbons (Fsp3) is 0.333.